The van der Waals surface area contributed by atoms with Crippen LogP contribution < -0.4 is 10.5 Å². The number of nitriles is 1. The molecule has 3 atom stereocenters. The highest BCUT2D eigenvalue weighted by Crippen LogP contribution is 2.27. The van der Waals surface area contributed by atoms with Crippen molar-refractivity contribution in [1.29, 1.82) is 5.26 Å². The first-order valence-corrected chi connectivity index (χ1v) is 8.25. The molecule has 1 aliphatic carbocycles. The van der Waals surface area contributed by atoms with Crippen molar-refractivity contribution in [3.63, 3.8) is 0 Å². The van der Waals surface area contributed by atoms with E-state index in [9.17, 15) is 8.42 Å². The summed E-state index contributed by atoms with van der Waals surface area (Å²) < 4.78 is 22.4. The van der Waals surface area contributed by atoms with Crippen molar-refractivity contribution in [2.75, 3.05) is 0 Å². The minimum Gasteiger partial charge on any atom is -0.306 e. The Labute approximate surface area is 119 Å². The fourth-order valence-electron chi connectivity index (χ4n) is 2.68. The minimum absolute atomic E-state index is 0.0705. The van der Waals surface area contributed by atoms with Gasteiger partial charge in [0, 0.05) is 12.1 Å². The lowest BCUT2D eigenvalue weighted by atomic mass is 10.0. The summed E-state index contributed by atoms with van der Waals surface area (Å²) in [4.78, 5) is 0.115. The Morgan fingerprint density at radius 2 is 2.00 bits per heavy atom. The van der Waals surface area contributed by atoms with Gasteiger partial charge in [0.15, 0.2) is 0 Å². The monoisotopic (exact) mass is 293 g/mol. The van der Waals surface area contributed by atoms with E-state index in [1.54, 1.807) is 12.1 Å². The van der Waals surface area contributed by atoms with E-state index in [2.05, 4.69) is 11.4 Å². The Bertz CT molecular complexity index is 604. The number of nitrogens with zero attached hydrogens (tertiary/aromatic N) is 1. The maximum atomic E-state index is 11.2. The highest BCUT2D eigenvalue weighted by Gasteiger charge is 2.28. The lowest BCUT2D eigenvalue weighted by Crippen LogP contribution is -2.33. The number of benzene rings is 1. The molecule has 0 radical (unpaired) electrons. The first kappa shape index (κ1) is 15.0. The molecule has 3 unspecified atom stereocenters. The van der Waals surface area contributed by atoms with Gasteiger partial charge in [-0.05, 0) is 37.5 Å². The molecule has 0 aliphatic heterocycles. The molecule has 0 aromatic heterocycles. The Hall–Kier alpha value is -1.42. The summed E-state index contributed by atoms with van der Waals surface area (Å²) in [5.41, 5.74) is 0.987. The van der Waals surface area contributed by atoms with Crippen molar-refractivity contribution in [2.24, 2.45) is 11.1 Å². The zero-order valence-electron chi connectivity index (χ0n) is 11.4. The molecule has 0 amide bonds. The van der Waals surface area contributed by atoms with Crippen molar-refractivity contribution >= 4 is 10.0 Å². The van der Waals surface area contributed by atoms with Crippen LogP contribution in [0.2, 0.25) is 0 Å². The van der Waals surface area contributed by atoms with E-state index in [1.807, 2.05) is 6.92 Å². The van der Waals surface area contributed by atoms with Crippen molar-refractivity contribution in [2.45, 2.75) is 43.2 Å². The van der Waals surface area contributed by atoms with E-state index in [0.29, 0.717) is 0 Å². The predicted octanol–water partition coefficient (Wildman–Crippen LogP) is 1.68. The van der Waals surface area contributed by atoms with Crippen LogP contribution in [0.15, 0.2) is 29.2 Å². The van der Waals surface area contributed by atoms with Gasteiger partial charge in [0.1, 0.15) is 0 Å². The molecule has 0 heterocycles. The van der Waals surface area contributed by atoms with Gasteiger partial charge in [-0.25, -0.2) is 13.6 Å². The number of nitrogens with two attached hydrogens (primary N) is 1. The fourth-order valence-corrected chi connectivity index (χ4v) is 3.19. The second kappa shape index (κ2) is 5.92. The maximum Gasteiger partial charge on any atom is 0.238 e. The number of hydrogen-bond donors (Lipinski definition) is 2. The second-order valence-electron chi connectivity index (χ2n) is 5.28. The maximum absolute atomic E-state index is 11.2. The van der Waals surface area contributed by atoms with Crippen LogP contribution >= 0.6 is 0 Å². The largest absolute Gasteiger partial charge is 0.306 e. The normalized spacial score (nSPS) is 24.2. The standard InChI is InChI=1S/C14H19N3O2S/c1-10(17-14-4-2-3-12(14)9-15)11-5-7-13(8-6-11)20(16,18)19/h5-8,10,12,14,17H,2-4H2,1H3,(H2,16,18,19). The van der Waals surface area contributed by atoms with Gasteiger partial charge in [0.05, 0.1) is 16.9 Å². The summed E-state index contributed by atoms with van der Waals surface area (Å²) in [5, 5.41) is 17.6. The SMILES string of the molecule is CC(NC1CCCC1C#N)c1ccc(S(N)(=O)=O)cc1. The van der Waals surface area contributed by atoms with Gasteiger partial charge in [0.2, 0.25) is 10.0 Å². The average Bonchev–Trinajstić information content (AvgIpc) is 2.85. The van der Waals surface area contributed by atoms with Gasteiger partial charge in [-0.1, -0.05) is 18.6 Å². The van der Waals surface area contributed by atoms with Gasteiger partial charge in [0.25, 0.3) is 0 Å². The number of hydrogen-bond acceptors (Lipinski definition) is 4. The minimum atomic E-state index is -3.64. The van der Waals surface area contributed by atoms with Crippen LogP contribution in [0.5, 0.6) is 0 Å². The molecule has 108 valence electrons. The zero-order valence-corrected chi connectivity index (χ0v) is 12.2. The van der Waals surface area contributed by atoms with Crippen LogP contribution in [0.1, 0.15) is 37.8 Å². The summed E-state index contributed by atoms with van der Waals surface area (Å²) in [6.07, 6.45) is 3.04. The van der Waals surface area contributed by atoms with Crippen LogP contribution in [-0.4, -0.2) is 14.5 Å². The molecule has 0 saturated heterocycles. The third-order valence-corrected chi connectivity index (χ3v) is 4.78. The Kier molecular flexibility index (Phi) is 4.43. The summed E-state index contributed by atoms with van der Waals surface area (Å²) in [5.74, 6) is 0.0705. The zero-order chi connectivity index (χ0) is 14.8. The van der Waals surface area contributed by atoms with Gasteiger partial charge in [-0.3, -0.25) is 0 Å². The summed E-state index contributed by atoms with van der Waals surface area (Å²) in [7, 11) is -3.64. The number of primary sulfonamides is 1. The first-order chi connectivity index (χ1) is 9.41. The number of rotatable bonds is 4. The third kappa shape index (κ3) is 3.37. The number of nitrogens with one attached hydrogen (secondary N) is 1. The van der Waals surface area contributed by atoms with Crippen LogP contribution in [0.3, 0.4) is 0 Å². The molecular weight excluding hydrogens is 274 g/mol. The molecule has 1 aromatic carbocycles. The Morgan fingerprint density at radius 3 is 2.55 bits per heavy atom. The quantitative estimate of drug-likeness (QED) is 0.882. The number of sulfonamides is 1. The van der Waals surface area contributed by atoms with Gasteiger partial charge in [-0.2, -0.15) is 5.26 Å². The smallest absolute Gasteiger partial charge is 0.238 e. The molecule has 0 bridgehead atoms. The van der Waals surface area contributed by atoms with Crippen LogP contribution in [0.25, 0.3) is 0 Å². The van der Waals surface area contributed by atoms with E-state index < -0.39 is 10.0 Å². The van der Waals surface area contributed by atoms with Crippen molar-refractivity contribution in [1.82, 2.24) is 5.32 Å². The Morgan fingerprint density at radius 1 is 1.35 bits per heavy atom. The van der Waals surface area contributed by atoms with E-state index >= 15 is 0 Å². The molecule has 1 aliphatic rings. The fraction of sp³-hybridized carbons (Fsp3) is 0.500. The first-order valence-electron chi connectivity index (χ1n) is 6.70. The summed E-state index contributed by atoms with van der Waals surface area (Å²) in [6.45, 7) is 2.01. The molecule has 3 N–H and O–H groups in total. The second-order valence-corrected chi connectivity index (χ2v) is 6.84. The molecule has 6 heteroatoms. The molecular formula is C14H19N3O2S. The van der Waals surface area contributed by atoms with Crippen LogP contribution in [0.4, 0.5) is 0 Å². The van der Waals surface area contributed by atoms with Crippen molar-refractivity contribution in [3.05, 3.63) is 29.8 Å². The predicted molar refractivity (Wildman–Crippen MR) is 76.1 cm³/mol. The highest BCUT2D eigenvalue weighted by atomic mass is 32.2. The molecule has 2 rings (SSSR count). The van der Waals surface area contributed by atoms with E-state index in [1.165, 1.54) is 12.1 Å². The lowest BCUT2D eigenvalue weighted by molar-refractivity contribution is 0.417. The highest BCUT2D eigenvalue weighted by molar-refractivity contribution is 7.89. The molecule has 1 saturated carbocycles. The molecule has 1 aromatic rings. The van der Waals surface area contributed by atoms with Gasteiger partial charge >= 0.3 is 0 Å². The van der Waals surface area contributed by atoms with E-state index in [4.69, 9.17) is 10.4 Å². The topological polar surface area (TPSA) is 96.0 Å². The Balaban J connectivity index is 2.06. The van der Waals surface area contributed by atoms with Crippen LogP contribution in [-0.2, 0) is 10.0 Å². The molecule has 1 fully saturated rings. The molecule has 20 heavy (non-hydrogen) atoms. The summed E-state index contributed by atoms with van der Waals surface area (Å²) in [6, 6.07) is 9.17. The van der Waals surface area contributed by atoms with Gasteiger partial charge in [-0.15, -0.1) is 0 Å². The third-order valence-electron chi connectivity index (χ3n) is 3.85. The van der Waals surface area contributed by atoms with E-state index in [0.717, 1.165) is 24.8 Å². The summed E-state index contributed by atoms with van der Waals surface area (Å²) >= 11 is 0. The lowest BCUT2D eigenvalue weighted by Gasteiger charge is -2.22. The van der Waals surface area contributed by atoms with Crippen molar-refractivity contribution in [3.8, 4) is 6.07 Å². The van der Waals surface area contributed by atoms with Crippen molar-refractivity contribution < 1.29 is 8.42 Å². The van der Waals surface area contributed by atoms with Gasteiger partial charge < -0.3 is 5.32 Å². The van der Waals surface area contributed by atoms with Crippen LogP contribution in [0, 0.1) is 17.2 Å². The van der Waals surface area contributed by atoms with E-state index in [-0.39, 0.29) is 22.9 Å². The molecule has 5 nitrogen and oxygen atoms in total. The average molecular weight is 293 g/mol. The molecule has 0 spiro atoms.